The molecule has 1 N–H and O–H groups in total. The fourth-order valence-electron chi connectivity index (χ4n) is 2.05. The summed E-state index contributed by atoms with van der Waals surface area (Å²) in [5.74, 6) is -0.995. The Morgan fingerprint density at radius 1 is 1.43 bits per heavy atom. The first-order valence-electron chi connectivity index (χ1n) is 7.01. The highest BCUT2D eigenvalue weighted by Gasteiger charge is 2.21. The number of nitrogens with one attached hydrogen (secondary N) is 1. The standard InChI is InChI=1S/C15H22ClFN2O2/c1-4-19(5-2)9-8-18-14(15(20)21-3)11-6-7-12(16)13(17)10-11/h6-7,10,14,18H,4-5,8-9H2,1-3H3. The van der Waals surface area contributed by atoms with Gasteiger partial charge >= 0.3 is 5.97 Å². The second kappa shape index (κ2) is 8.97. The maximum atomic E-state index is 13.5. The van der Waals surface area contributed by atoms with E-state index in [2.05, 4.69) is 24.1 Å². The van der Waals surface area contributed by atoms with Crippen LogP contribution in [-0.4, -0.2) is 44.2 Å². The van der Waals surface area contributed by atoms with Gasteiger partial charge in [0.2, 0.25) is 0 Å². The van der Waals surface area contributed by atoms with Crippen molar-refractivity contribution in [1.82, 2.24) is 10.2 Å². The van der Waals surface area contributed by atoms with E-state index in [0.717, 1.165) is 19.6 Å². The first-order chi connectivity index (χ1) is 10.0. The summed E-state index contributed by atoms with van der Waals surface area (Å²) in [6, 6.07) is 3.62. The number of hydrogen-bond acceptors (Lipinski definition) is 4. The van der Waals surface area contributed by atoms with Gasteiger partial charge in [-0.25, -0.2) is 9.18 Å². The van der Waals surface area contributed by atoms with E-state index in [1.807, 2.05) is 0 Å². The van der Waals surface area contributed by atoms with E-state index >= 15 is 0 Å². The second-order valence-corrected chi connectivity index (χ2v) is 5.02. The molecule has 21 heavy (non-hydrogen) atoms. The number of esters is 1. The molecule has 0 aliphatic rings. The zero-order valence-electron chi connectivity index (χ0n) is 12.7. The highest BCUT2D eigenvalue weighted by Crippen LogP contribution is 2.21. The zero-order chi connectivity index (χ0) is 15.8. The van der Waals surface area contributed by atoms with Crippen LogP contribution in [-0.2, 0) is 9.53 Å². The molecule has 0 aliphatic heterocycles. The number of halogens is 2. The molecule has 1 aromatic carbocycles. The van der Waals surface area contributed by atoms with Crippen LogP contribution in [0.15, 0.2) is 18.2 Å². The summed E-state index contributed by atoms with van der Waals surface area (Å²) in [6.45, 7) is 7.45. The van der Waals surface area contributed by atoms with Crippen molar-refractivity contribution in [2.24, 2.45) is 0 Å². The molecule has 0 saturated heterocycles. The van der Waals surface area contributed by atoms with Gasteiger partial charge in [-0.2, -0.15) is 0 Å². The number of likely N-dealkylation sites (N-methyl/N-ethyl adjacent to an activating group) is 1. The fourth-order valence-corrected chi connectivity index (χ4v) is 2.17. The Kier molecular flexibility index (Phi) is 7.64. The highest BCUT2D eigenvalue weighted by atomic mass is 35.5. The van der Waals surface area contributed by atoms with Crippen LogP contribution < -0.4 is 5.32 Å². The van der Waals surface area contributed by atoms with E-state index in [4.69, 9.17) is 16.3 Å². The molecule has 0 amide bonds. The van der Waals surface area contributed by atoms with Gasteiger partial charge in [0, 0.05) is 13.1 Å². The third-order valence-electron chi connectivity index (χ3n) is 3.38. The summed E-state index contributed by atoms with van der Waals surface area (Å²) in [5.41, 5.74) is 0.503. The van der Waals surface area contributed by atoms with Gasteiger partial charge in [-0.1, -0.05) is 31.5 Å². The van der Waals surface area contributed by atoms with E-state index in [-0.39, 0.29) is 5.02 Å². The lowest BCUT2D eigenvalue weighted by Crippen LogP contribution is -2.36. The highest BCUT2D eigenvalue weighted by molar-refractivity contribution is 6.30. The van der Waals surface area contributed by atoms with E-state index < -0.39 is 17.8 Å². The largest absolute Gasteiger partial charge is 0.468 e. The van der Waals surface area contributed by atoms with E-state index in [1.54, 1.807) is 6.07 Å². The predicted molar refractivity (Wildman–Crippen MR) is 82.0 cm³/mol. The van der Waals surface area contributed by atoms with Crippen LogP contribution >= 0.6 is 11.6 Å². The van der Waals surface area contributed by atoms with Crippen molar-refractivity contribution in [2.75, 3.05) is 33.3 Å². The predicted octanol–water partition coefficient (Wildman–Crippen LogP) is 2.62. The van der Waals surface area contributed by atoms with Crippen LogP contribution in [0.5, 0.6) is 0 Å². The molecule has 0 fully saturated rings. The minimum Gasteiger partial charge on any atom is -0.468 e. The summed E-state index contributed by atoms with van der Waals surface area (Å²) in [7, 11) is 1.31. The molecule has 118 valence electrons. The van der Waals surface area contributed by atoms with Crippen molar-refractivity contribution in [3.05, 3.63) is 34.6 Å². The Labute approximate surface area is 130 Å². The van der Waals surface area contributed by atoms with Crippen LogP contribution in [0.4, 0.5) is 4.39 Å². The molecular weight excluding hydrogens is 295 g/mol. The molecule has 0 aliphatic carbocycles. The molecule has 4 nitrogen and oxygen atoms in total. The average Bonchev–Trinajstić information content (AvgIpc) is 2.50. The number of ether oxygens (including phenoxy) is 1. The van der Waals surface area contributed by atoms with Gasteiger partial charge in [0.15, 0.2) is 0 Å². The van der Waals surface area contributed by atoms with Crippen LogP contribution in [0.2, 0.25) is 5.02 Å². The average molecular weight is 317 g/mol. The molecule has 0 radical (unpaired) electrons. The fraction of sp³-hybridized carbons (Fsp3) is 0.533. The Bertz CT molecular complexity index is 467. The molecule has 1 aromatic rings. The monoisotopic (exact) mass is 316 g/mol. The van der Waals surface area contributed by atoms with Crippen molar-refractivity contribution in [2.45, 2.75) is 19.9 Å². The van der Waals surface area contributed by atoms with Gasteiger partial charge in [0.05, 0.1) is 12.1 Å². The first-order valence-corrected chi connectivity index (χ1v) is 7.39. The van der Waals surface area contributed by atoms with Crippen molar-refractivity contribution >= 4 is 17.6 Å². The normalized spacial score (nSPS) is 12.5. The van der Waals surface area contributed by atoms with E-state index in [1.165, 1.54) is 19.2 Å². The number of carbonyl (C=O) groups excluding carboxylic acids is 1. The molecule has 0 spiro atoms. The number of methoxy groups -OCH3 is 1. The Hall–Kier alpha value is -1.17. The van der Waals surface area contributed by atoms with E-state index in [9.17, 15) is 9.18 Å². The molecule has 1 atom stereocenters. The topological polar surface area (TPSA) is 41.6 Å². The van der Waals surface area contributed by atoms with Crippen molar-refractivity contribution in [3.63, 3.8) is 0 Å². The van der Waals surface area contributed by atoms with Gasteiger partial charge in [-0.05, 0) is 30.8 Å². The smallest absolute Gasteiger partial charge is 0.327 e. The van der Waals surface area contributed by atoms with Gasteiger partial charge in [-0.15, -0.1) is 0 Å². The number of carbonyl (C=O) groups is 1. The summed E-state index contributed by atoms with van der Waals surface area (Å²) < 4.78 is 18.3. The number of nitrogens with zero attached hydrogens (tertiary/aromatic N) is 1. The van der Waals surface area contributed by atoms with Crippen molar-refractivity contribution in [1.29, 1.82) is 0 Å². The summed E-state index contributed by atoms with van der Waals surface area (Å²) >= 11 is 5.66. The van der Waals surface area contributed by atoms with Crippen LogP contribution in [0.25, 0.3) is 0 Å². The third kappa shape index (κ3) is 5.26. The number of hydrogen-bond donors (Lipinski definition) is 1. The Morgan fingerprint density at radius 3 is 2.62 bits per heavy atom. The second-order valence-electron chi connectivity index (χ2n) is 4.61. The molecule has 0 saturated carbocycles. The van der Waals surface area contributed by atoms with E-state index in [0.29, 0.717) is 12.1 Å². The SMILES string of the molecule is CCN(CC)CCNC(C(=O)OC)c1ccc(Cl)c(F)c1. The minimum atomic E-state index is -0.697. The summed E-state index contributed by atoms with van der Waals surface area (Å²) in [5, 5.41) is 3.14. The van der Waals surface area contributed by atoms with Crippen molar-refractivity contribution in [3.8, 4) is 0 Å². The Balaban J connectivity index is 2.76. The summed E-state index contributed by atoms with van der Waals surface area (Å²) in [6.07, 6.45) is 0. The van der Waals surface area contributed by atoms with Gasteiger partial charge in [0.25, 0.3) is 0 Å². The van der Waals surface area contributed by atoms with Gasteiger partial charge in [-0.3, -0.25) is 5.32 Å². The van der Waals surface area contributed by atoms with Gasteiger partial charge in [0.1, 0.15) is 11.9 Å². The lowest BCUT2D eigenvalue weighted by molar-refractivity contribution is -0.143. The Morgan fingerprint density at radius 2 is 2.10 bits per heavy atom. The molecule has 1 unspecified atom stereocenters. The lowest BCUT2D eigenvalue weighted by Gasteiger charge is -2.21. The first kappa shape index (κ1) is 17.9. The maximum absolute atomic E-state index is 13.5. The maximum Gasteiger partial charge on any atom is 0.327 e. The number of benzene rings is 1. The third-order valence-corrected chi connectivity index (χ3v) is 3.69. The minimum absolute atomic E-state index is 0.0329. The van der Waals surface area contributed by atoms with Gasteiger partial charge < -0.3 is 9.64 Å². The summed E-state index contributed by atoms with van der Waals surface area (Å²) in [4.78, 5) is 14.1. The molecule has 1 rings (SSSR count). The van der Waals surface area contributed by atoms with Crippen molar-refractivity contribution < 1.29 is 13.9 Å². The number of rotatable bonds is 8. The molecular formula is C15H22ClFN2O2. The molecule has 0 aromatic heterocycles. The lowest BCUT2D eigenvalue weighted by atomic mass is 10.1. The van der Waals surface area contributed by atoms with Crippen LogP contribution in [0.1, 0.15) is 25.5 Å². The zero-order valence-corrected chi connectivity index (χ0v) is 13.4. The van der Waals surface area contributed by atoms with Crippen LogP contribution in [0.3, 0.4) is 0 Å². The molecule has 0 heterocycles. The molecule has 0 bridgehead atoms. The molecule has 6 heteroatoms. The quantitative estimate of drug-likeness (QED) is 0.749. The van der Waals surface area contributed by atoms with Crippen LogP contribution in [0, 0.1) is 5.82 Å².